The van der Waals surface area contributed by atoms with Gasteiger partial charge in [0.2, 0.25) is 5.91 Å². The Bertz CT molecular complexity index is 1110. The van der Waals surface area contributed by atoms with E-state index in [0.717, 1.165) is 11.2 Å². The van der Waals surface area contributed by atoms with Crippen LogP contribution in [0.15, 0.2) is 53.4 Å². The van der Waals surface area contributed by atoms with E-state index in [-0.39, 0.29) is 22.8 Å². The second kappa shape index (κ2) is 10.4. The molecule has 0 aliphatic carbocycles. The van der Waals surface area contributed by atoms with E-state index >= 15 is 0 Å². The SMILES string of the molecule is CC(C)C[C@@H](C(N)=O)N(CC#N)[C@H](c1ccc(-c2ccc(S(C)(=O)=O)cc2)cc1)C(F)(F)F. The third-order valence-corrected chi connectivity index (χ3v) is 6.29. The monoisotopic (exact) mass is 481 g/mol. The second-order valence-corrected chi connectivity index (χ2v) is 10.3. The molecule has 0 saturated carbocycles. The van der Waals surface area contributed by atoms with Crippen molar-refractivity contribution in [1.82, 2.24) is 4.90 Å². The average molecular weight is 482 g/mol. The molecule has 2 aromatic rings. The van der Waals surface area contributed by atoms with Crippen LogP contribution in [0.25, 0.3) is 11.1 Å². The number of amides is 1. The summed E-state index contributed by atoms with van der Waals surface area (Å²) in [6.07, 6.45) is -3.60. The molecule has 0 radical (unpaired) electrons. The zero-order chi connectivity index (χ0) is 25.0. The van der Waals surface area contributed by atoms with Gasteiger partial charge in [-0.25, -0.2) is 8.42 Å². The van der Waals surface area contributed by atoms with E-state index in [9.17, 15) is 31.6 Å². The van der Waals surface area contributed by atoms with Crippen molar-refractivity contribution >= 4 is 15.7 Å². The van der Waals surface area contributed by atoms with Crippen molar-refractivity contribution in [2.45, 2.75) is 43.4 Å². The number of rotatable bonds is 9. The Morgan fingerprint density at radius 1 is 1.06 bits per heavy atom. The molecule has 0 aliphatic heterocycles. The summed E-state index contributed by atoms with van der Waals surface area (Å²) in [5.74, 6) is -1.04. The van der Waals surface area contributed by atoms with Crippen LogP contribution in [-0.4, -0.2) is 44.2 Å². The lowest BCUT2D eigenvalue weighted by atomic mass is 9.95. The number of hydrogen-bond acceptors (Lipinski definition) is 5. The molecule has 0 aromatic heterocycles. The van der Waals surface area contributed by atoms with E-state index in [1.165, 1.54) is 36.4 Å². The molecule has 0 unspecified atom stereocenters. The third-order valence-electron chi connectivity index (χ3n) is 5.16. The number of nitrogens with zero attached hydrogens (tertiary/aromatic N) is 2. The summed E-state index contributed by atoms with van der Waals surface area (Å²) in [4.78, 5) is 13.0. The molecular formula is C23H26F3N3O3S. The summed E-state index contributed by atoms with van der Waals surface area (Å²) in [5.41, 5.74) is 6.49. The minimum Gasteiger partial charge on any atom is -0.368 e. The maximum absolute atomic E-state index is 14.2. The van der Waals surface area contributed by atoms with Gasteiger partial charge in [0.05, 0.1) is 23.6 Å². The van der Waals surface area contributed by atoms with Crippen molar-refractivity contribution in [3.05, 3.63) is 54.1 Å². The first kappa shape index (κ1) is 26.4. The highest BCUT2D eigenvalue weighted by Gasteiger charge is 2.47. The molecule has 0 spiro atoms. The zero-order valence-corrected chi connectivity index (χ0v) is 19.3. The van der Waals surface area contributed by atoms with Gasteiger partial charge in [0.1, 0.15) is 6.04 Å². The highest BCUT2D eigenvalue weighted by molar-refractivity contribution is 7.90. The largest absolute Gasteiger partial charge is 0.408 e. The minimum absolute atomic E-state index is 0.0777. The predicted molar refractivity (Wildman–Crippen MR) is 119 cm³/mol. The van der Waals surface area contributed by atoms with E-state index < -0.39 is 40.5 Å². The van der Waals surface area contributed by atoms with E-state index in [1.807, 2.05) is 0 Å². The van der Waals surface area contributed by atoms with Crippen LogP contribution in [-0.2, 0) is 14.6 Å². The third kappa shape index (κ3) is 6.79. The van der Waals surface area contributed by atoms with Crippen LogP contribution in [0.5, 0.6) is 0 Å². The Morgan fingerprint density at radius 3 is 1.91 bits per heavy atom. The number of carbonyl (C=O) groups excluding carboxylic acids is 1. The molecule has 178 valence electrons. The van der Waals surface area contributed by atoms with Gasteiger partial charge < -0.3 is 5.73 Å². The standard InChI is InChI=1S/C23H26F3N3O3S/c1-15(2)14-20(22(28)30)29(13-12-27)21(23(24,25)26)18-6-4-16(5-7-18)17-8-10-19(11-9-17)33(3,31)32/h4-11,15,20-21H,13-14H2,1-3H3,(H2,28,30)/t20-,21+/m0/s1. The topological polar surface area (TPSA) is 104 Å². The summed E-state index contributed by atoms with van der Waals surface area (Å²) >= 11 is 0. The molecule has 33 heavy (non-hydrogen) atoms. The number of alkyl halides is 3. The molecule has 0 fully saturated rings. The first-order valence-electron chi connectivity index (χ1n) is 10.1. The van der Waals surface area contributed by atoms with Gasteiger partial charge in [0.25, 0.3) is 0 Å². The van der Waals surface area contributed by atoms with Crippen molar-refractivity contribution < 1.29 is 26.4 Å². The lowest BCUT2D eigenvalue weighted by Crippen LogP contribution is -2.51. The summed E-state index contributed by atoms with van der Waals surface area (Å²) in [7, 11) is -3.37. The summed E-state index contributed by atoms with van der Waals surface area (Å²) in [6.45, 7) is 2.89. The second-order valence-electron chi connectivity index (χ2n) is 8.24. The van der Waals surface area contributed by atoms with Gasteiger partial charge in [0.15, 0.2) is 9.84 Å². The van der Waals surface area contributed by atoms with Gasteiger partial charge in [-0.3, -0.25) is 9.69 Å². The first-order valence-corrected chi connectivity index (χ1v) is 12.0. The lowest BCUT2D eigenvalue weighted by Gasteiger charge is -2.37. The van der Waals surface area contributed by atoms with Gasteiger partial charge in [0, 0.05) is 6.26 Å². The van der Waals surface area contributed by atoms with Crippen LogP contribution >= 0.6 is 0 Å². The Labute approximate surface area is 191 Å². The minimum atomic E-state index is -4.76. The molecule has 10 heteroatoms. The van der Waals surface area contributed by atoms with Crippen LogP contribution in [0.2, 0.25) is 0 Å². The maximum Gasteiger partial charge on any atom is 0.408 e. The Morgan fingerprint density at radius 2 is 1.55 bits per heavy atom. The molecule has 2 atom stereocenters. The van der Waals surface area contributed by atoms with Gasteiger partial charge in [-0.15, -0.1) is 0 Å². The fraction of sp³-hybridized carbons (Fsp3) is 0.391. The fourth-order valence-corrected chi connectivity index (χ4v) is 4.28. The predicted octanol–water partition coefficient (Wildman–Crippen LogP) is 4.09. The molecule has 0 aliphatic rings. The van der Waals surface area contributed by atoms with E-state index in [2.05, 4.69) is 0 Å². The van der Waals surface area contributed by atoms with Crippen LogP contribution in [0, 0.1) is 17.2 Å². The van der Waals surface area contributed by atoms with Crippen LogP contribution in [0.4, 0.5) is 13.2 Å². The molecule has 0 heterocycles. The van der Waals surface area contributed by atoms with E-state index in [4.69, 9.17) is 5.73 Å². The van der Waals surface area contributed by atoms with Crippen molar-refractivity contribution in [2.75, 3.05) is 12.8 Å². The first-order chi connectivity index (χ1) is 15.3. The smallest absolute Gasteiger partial charge is 0.368 e. The number of halogens is 3. The fourth-order valence-electron chi connectivity index (χ4n) is 3.65. The molecule has 2 aromatic carbocycles. The van der Waals surface area contributed by atoms with Crippen molar-refractivity contribution in [3.8, 4) is 17.2 Å². The average Bonchev–Trinajstić information content (AvgIpc) is 2.70. The van der Waals surface area contributed by atoms with Gasteiger partial charge >= 0.3 is 6.18 Å². The van der Waals surface area contributed by atoms with Crippen molar-refractivity contribution in [3.63, 3.8) is 0 Å². The molecular weight excluding hydrogens is 455 g/mol. The maximum atomic E-state index is 14.2. The Hall–Kier alpha value is -2.90. The number of hydrogen-bond donors (Lipinski definition) is 1. The van der Waals surface area contributed by atoms with Gasteiger partial charge in [-0.2, -0.15) is 18.4 Å². The lowest BCUT2D eigenvalue weighted by molar-refractivity contribution is -0.192. The van der Waals surface area contributed by atoms with Crippen LogP contribution in [0.1, 0.15) is 31.9 Å². The number of nitrogens with two attached hydrogens (primary N) is 1. The Balaban J connectivity index is 2.47. The number of primary amides is 1. The molecule has 1 amide bonds. The van der Waals surface area contributed by atoms with Crippen LogP contribution < -0.4 is 5.73 Å². The molecule has 2 rings (SSSR count). The molecule has 0 saturated heterocycles. The normalized spacial score (nSPS) is 14.2. The number of benzene rings is 2. The Kier molecular flexibility index (Phi) is 8.27. The number of carbonyl (C=O) groups is 1. The summed E-state index contributed by atoms with van der Waals surface area (Å²) in [6, 6.07) is 9.79. The summed E-state index contributed by atoms with van der Waals surface area (Å²) in [5, 5.41) is 9.18. The quantitative estimate of drug-likeness (QED) is 0.544. The molecule has 0 bridgehead atoms. The van der Waals surface area contributed by atoms with Crippen LogP contribution in [0.3, 0.4) is 0 Å². The molecule has 2 N–H and O–H groups in total. The summed E-state index contributed by atoms with van der Waals surface area (Å²) < 4.78 is 65.7. The number of sulfone groups is 1. The van der Waals surface area contributed by atoms with E-state index in [1.54, 1.807) is 32.0 Å². The van der Waals surface area contributed by atoms with Crippen molar-refractivity contribution in [2.24, 2.45) is 11.7 Å². The van der Waals surface area contributed by atoms with E-state index in [0.29, 0.717) is 11.1 Å². The number of nitriles is 1. The highest BCUT2D eigenvalue weighted by Crippen LogP contribution is 2.40. The zero-order valence-electron chi connectivity index (χ0n) is 18.5. The highest BCUT2D eigenvalue weighted by atomic mass is 32.2. The molecule has 6 nitrogen and oxygen atoms in total. The van der Waals surface area contributed by atoms with Gasteiger partial charge in [-0.1, -0.05) is 50.2 Å². The van der Waals surface area contributed by atoms with Crippen molar-refractivity contribution in [1.29, 1.82) is 5.26 Å². The van der Waals surface area contributed by atoms with Gasteiger partial charge in [-0.05, 0) is 41.2 Å².